The summed E-state index contributed by atoms with van der Waals surface area (Å²) in [6.07, 6.45) is 2.94. The predicted molar refractivity (Wildman–Crippen MR) is 75.9 cm³/mol. The summed E-state index contributed by atoms with van der Waals surface area (Å²) in [5.74, 6) is 5.90. The van der Waals surface area contributed by atoms with E-state index in [1.807, 2.05) is 0 Å². The third-order valence-corrected chi connectivity index (χ3v) is 3.41. The summed E-state index contributed by atoms with van der Waals surface area (Å²) in [6.45, 7) is 0.961. The molecule has 0 aliphatic heterocycles. The largest absolute Gasteiger partial charge is 0.393 e. The molecular formula is C15H19N3O2. The van der Waals surface area contributed by atoms with E-state index in [2.05, 4.69) is 16.8 Å². The smallest absolute Gasteiger partial charge is 0.272 e. The Morgan fingerprint density at radius 1 is 1.55 bits per heavy atom. The number of aliphatic hydroxyl groups excluding tert-OH is 1. The average Bonchev–Trinajstić information content (AvgIpc) is 2.43. The van der Waals surface area contributed by atoms with Crippen molar-refractivity contribution in [1.29, 1.82) is 0 Å². The van der Waals surface area contributed by atoms with Crippen LogP contribution in [0.25, 0.3) is 0 Å². The van der Waals surface area contributed by atoms with E-state index in [0.717, 1.165) is 18.4 Å². The molecule has 5 nitrogen and oxygen atoms in total. The summed E-state index contributed by atoms with van der Waals surface area (Å²) >= 11 is 0. The number of amides is 1. The third-order valence-electron chi connectivity index (χ3n) is 3.41. The fourth-order valence-corrected chi connectivity index (χ4v) is 2.26. The highest BCUT2D eigenvalue weighted by molar-refractivity contribution is 5.92. The number of carbonyl (C=O) groups excluding carboxylic acids is 1. The van der Waals surface area contributed by atoms with E-state index in [9.17, 15) is 9.90 Å². The lowest BCUT2D eigenvalue weighted by Gasteiger charge is -2.34. The van der Waals surface area contributed by atoms with Crippen molar-refractivity contribution in [3.63, 3.8) is 0 Å². The van der Waals surface area contributed by atoms with Crippen LogP contribution in [0, 0.1) is 17.8 Å². The van der Waals surface area contributed by atoms with Crippen LogP contribution in [0.1, 0.15) is 28.9 Å². The first-order chi connectivity index (χ1) is 9.60. The molecule has 0 unspecified atom stereocenters. The molecule has 1 aromatic rings. The Labute approximate surface area is 118 Å². The minimum atomic E-state index is -0.193. The van der Waals surface area contributed by atoms with Crippen molar-refractivity contribution in [2.45, 2.75) is 18.9 Å². The van der Waals surface area contributed by atoms with Gasteiger partial charge in [0.05, 0.1) is 12.6 Å². The van der Waals surface area contributed by atoms with Crippen LogP contribution < -0.4 is 5.73 Å². The summed E-state index contributed by atoms with van der Waals surface area (Å²) in [7, 11) is 1.76. The summed E-state index contributed by atoms with van der Waals surface area (Å²) in [4.78, 5) is 18.0. The molecular weight excluding hydrogens is 254 g/mol. The molecule has 1 heterocycles. The summed E-state index contributed by atoms with van der Waals surface area (Å²) < 4.78 is 0. The van der Waals surface area contributed by atoms with Crippen LogP contribution in [-0.2, 0) is 0 Å². The Bertz CT molecular complexity index is 524. The molecule has 1 saturated carbocycles. The number of hydrogen-bond donors (Lipinski definition) is 2. The van der Waals surface area contributed by atoms with Crippen molar-refractivity contribution in [3.05, 3.63) is 29.6 Å². The lowest BCUT2D eigenvalue weighted by molar-refractivity contribution is 0.0264. The molecule has 20 heavy (non-hydrogen) atoms. The van der Waals surface area contributed by atoms with Crippen molar-refractivity contribution >= 4 is 5.91 Å². The number of nitrogens with two attached hydrogens (primary N) is 1. The molecule has 106 valence electrons. The molecule has 0 radical (unpaired) electrons. The van der Waals surface area contributed by atoms with E-state index in [4.69, 9.17) is 5.73 Å². The first kappa shape index (κ1) is 14.5. The molecule has 0 bridgehead atoms. The van der Waals surface area contributed by atoms with Gasteiger partial charge in [-0.2, -0.15) is 0 Å². The second-order valence-electron chi connectivity index (χ2n) is 5.11. The van der Waals surface area contributed by atoms with E-state index in [1.165, 1.54) is 0 Å². The second-order valence-corrected chi connectivity index (χ2v) is 5.11. The number of aliphatic hydroxyl groups is 1. The summed E-state index contributed by atoms with van der Waals surface area (Å²) in [5.41, 5.74) is 6.45. The lowest BCUT2D eigenvalue weighted by atomic mass is 9.82. The third kappa shape index (κ3) is 3.56. The maximum Gasteiger partial charge on any atom is 0.272 e. The van der Waals surface area contributed by atoms with Crippen molar-refractivity contribution < 1.29 is 9.90 Å². The van der Waals surface area contributed by atoms with Gasteiger partial charge in [0, 0.05) is 25.4 Å². The molecule has 5 heteroatoms. The maximum absolute atomic E-state index is 12.2. The molecule has 1 amide bonds. The first-order valence-corrected chi connectivity index (χ1v) is 6.68. The number of pyridine rings is 1. The van der Waals surface area contributed by atoms with Gasteiger partial charge in [-0.3, -0.25) is 4.79 Å². The fraction of sp³-hybridized carbons (Fsp3) is 0.467. The van der Waals surface area contributed by atoms with Crippen LogP contribution in [0.3, 0.4) is 0 Å². The van der Waals surface area contributed by atoms with Crippen LogP contribution in [-0.4, -0.2) is 47.1 Å². The molecule has 0 saturated heterocycles. The highest BCUT2D eigenvalue weighted by Gasteiger charge is 2.29. The number of rotatable bonds is 3. The van der Waals surface area contributed by atoms with Crippen LogP contribution in [0.2, 0.25) is 0 Å². The first-order valence-electron chi connectivity index (χ1n) is 6.68. The number of nitrogens with zero attached hydrogens (tertiary/aromatic N) is 2. The highest BCUT2D eigenvalue weighted by atomic mass is 16.3. The minimum absolute atomic E-state index is 0.107. The number of hydrogen-bond acceptors (Lipinski definition) is 4. The minimum Gasteiger partial charge on any atom is -0.393 e. The number of carbonyl (C=O) groups is 1. The van der Waals surface area contributed by atoms with Gasteiger partial charge in [0.1, 0.15) is 5.69 Å². The van der Waals surface area contributed by atoms with Gasteiger partial charge in [0.15, 0.2) is 0 Å². The van der Waals surface area contributed by atoms with Gasteiger partial charge in [0.25, 0.3) is 5.91 Å². The molecule has 1 aromatic heterocycles. The molecule has 1 aliphatic rings. The maximum atomic E-state index is 12.2. The average molecular weight is 273 g/mol. The van der Waals surface area contributed by atoms with Gasteiger partial charge >= 0.3 is 0 Å². The van der Waals surface area contributed by atoms with Crippen LogP contribution >= 0.6 is 0 Å². The van der Waals surface area contributed by atoms with Gasteiger partial charge in [-0.05, 0) is 30.9 Å². The molecule has 3 N–H and O–H groups in total. The van der Waals surface area contributed by atoms with E-state index in [1.54, 1.807) is 30.3 Å². The molecule has 0 atom stereocenters. The standard InChI is InChI=1S/C15H19N3O2/c1-18(10-12-7-13(19)8-12)15(20)14-5-4-11(9-17-14)3-2-6-16/h4-5,9,12-13,19H,6-8,10,16H2,1H3. The normalized spacial score (nSPS) is 20.6. The Hall–Kier alpha value is -1.90. The Balaban J connectivity index is 1.94. The Morgan fingerprint density at radius 2 is 2.30 bits per heavy atom. The van der Waals surface area contributed by atoms with Crippen molar-refractivity contribution in [2.24, 2.45) is 11.7 Å². The van der Waals surface area contributed by atoms with E-state index in [-0.39, 0.29) is 12.0 Å². The molecule has 1 fully saturated rings. The van der Waals surface area contributed by atoms with Crippen molar-refractivity contribution in [3.8, 4) is 11.8 Å². The van der Waals surface area contributed by atoms with Crippen LogP contribution in [0.15, 0.2) is 18.3 Å². The van der Waals surface area contributed by atoms with Gasteiger partial charge < -0.3 is 15.7 Å². The Morgan fingerprint density at radius 3 is 2.85 bits per heavy atom. The van der Waals surface area contributed by atoms with E-state index < -0.39 is 0 Å². The van der Waals surface area contributed by atoms with Gasteiger partial charge in [-0.25, -0.2) is 4.98 Å². The zero-order chi connectivity index (χ0) is 14.5. The number of aromatic nitrogens is 1. The van der Waals surface area contributed by atoms with E-state index in [0.29, 0.717) is 24.7 Å². The van der Waals surface area contributed by atoms with Crippen LogP contribution in [0.5, 0.6) is 0 Å². The summed E-state index contributed by atoms with van der Waals surface area (Å²) in [6, 6.07) is 3.44. The monoisotopic (exact) mass is 273 g/mol. The van der Waals surface area contributed by atoms with Crippen LogP contribution in [0.4, 0.5) is 0 Å². The topological polar surface area (TPSA) is 79.5 Å². The summed E-state index contributed by atoms with van der Waals surface area (Å²) in [5, 5.41) is 9.25. The van der Waals surface area contributed by atoms with Gasteiger partial charge in [-0.1, -0.05) is 11.8 Å². The van der Waals surface area contributed by atoms with Crippen molar-refractivity contribution in [1.82, 2.24) is 9.88 Å². The second kappa shape index (κ2) is 6.51. The zero-order valence-electron chi connectivity index (χ0n) is 11.5. The van der Waals surface area contributed by atoms with Crippen molar-refractivity contribution in [2.75, 3.05) is 20.1 Å². The zero-order valence-corrected chi connectivity index (χ0v) is 11.5. The lowest BCUT2D eigenvalue weighted by Crippen LogP contribution is -2.39. The molecule has 0 aromatic carbocycles. The fourth-order valence-electron chi connectivity index (χ4n) is 2.26. The SMILES string of the molecule is CN(CC1CC(O)C1)C(=O)c1ccc(C#CCN)cn1. The Kier molecular flexibility index (Phi) is 4.72. The quantitative estimate of drug-likeness (QED) is 0.773. The molecule has 2 rings (SSSR count). The van der Waals surface area contributed by atoms with Gasteiger partial charge in [-0.15, -0.1) is 0 Å². The van der Waals surface area contributed by atoms with E-state index >= 15 is 0 Å². The van der Waals surface area contributed by atoms with Gasteiger partial charge in [0.2, 0.25) is 0 Å². The molecule has 0 spiro atoms. The predicted octanol–water partition coefficient (Wildman–Crippen LogP) is 0.235. The molecule has 1 aliphatic carbocycles. The highest BCUT2D eigenvalue weighted by Crippen LogP contribution is 2.27.